The van der Waals surface area contributed by atoms with Crippen molar-refractivity contribution < 1.29 is 0 Å². The van der Waals surface area contributed by atoms with E-state index in [2.05, 4.69) is 48.0 Å². The van der Waals surface area contributed by atoms with Crippen LogP contribution in [-0.4, -0.2) is 17.1 Å². The van der Waals surface area contributed by atoms with E-state index in [-0.39, 0.29) is 12.0 Å². The van der Waals surface area contributed by atoms with Gasteiger partial charge in [0, 0.05) is 11.7 Å². The van der Waals surface area contributed by atoms with Crippen LogP contribution in [0.25, 0.3) is 0 Å². The van der Waals surface area contributed by atoms with Gasteiger partial charge in [0.2, 0.25) is 0 Å². The first-order valence-corrected chi connectivity index (χ1v) is 7.42. The molecule has 4 N–H and O–H groups in total. The highest BCUT2D eigenvalue weighted by molar-refractivity contribution is 7.80. The predicted octanol–water partition coefficient (Wildman–Crippen LogP) is 3.03. The fourth-order valence-electron chi connectivity index (χ4n) is 1.97. The van der Waals surface area contributed by atoms with Gasteiger partial charge >= 0.3 is 0 Å². The van der Waals surface area contributed by atoms with E-state index < -0.39 is 0 Å². The molecule has 20 heavy (non-hydrogen) atoms. The summed E-state index contributed by atoms with van der Waals surface area (Å²) < 4.78 is 0. The van der Waals surface area contributed by atoms with Crippen molar-refractivity contribution in [2.45, 2.75) is 46.6 Å². The third kappa shape index (κ3) is 4.81. The Labute approximate surface area is 126 Å². The van der Waals surface area contributed by atoms with Crippen LogP contribution in [-0.2, 0) is 12.8 Å². The number of nitrogens with one attached hydrogen (secondary N) is 4. The van der Waals surface area contributed by atoms with Crippen LogP contribution in [0.15, 0.2) is 18.2 Å². The summed E-state index contributed by atoms with van der Waals surface area (Å²) in [6.07, 6.45) is 1.86. The van der Waals surface area contributed by atoms with Crippen molar-refractivity contribution in [1.82, 2.24) is 10.6 Å². The molecule has 0 aromatic heterocycles. The Kier molecular flexibility index (Phi) is 6.45. The molecule has 1 aromatic rings. The summed E-state index contributed by atoms with van der Waals surface area (Å²) in [7, 11) is 0. The normalized spacial score (nSPS) is 10.2. The number of rotatable bonds is 4. The fourth-order valence-corrected chi connectivity index (χ4v) is 2.31. The second-order valence-corrected chi connectivity index (χ2v) is 5.32. The standard InChI is InChI=1S/C15H24N4S/c1-5-11-8-7-9-12(6-2)13(11)18-14(16)19-15(20)17-10(3)4/h7-10H,5-6H2,1-4H3,(H4,16,17,18,19,20). The Hall–Kier alpha value is -1.62. The lowest BCUT2D eigenvalue weighted by Crippen LogP contribution is -2.44. The van der Waals surface area contributed by atoms with Crippen molar-refractivity contribution in [3.63, 3.8) is 0 Å². The molecule has 4 nitrogen and oxygen atoms in total. The van der Waals surface area contributed by atoms with Crippen molar-refractivity contribution >= 4 is 29.0 Å². The quantitative estimate of drug-likeness (QED) is 0.391. The van der Waals surface area contributed by atoms with Crippen molar-refractivity contribution in [3.8, 4) is 0 Å². The summed E-state index contributed by atoms with van der Waals surface area (Å²) in [5, 5.41) is 17.5. The first kappa shape index (κ1) is 16.4. The lowest BCUT2D eigenvalue weighted by molar-refractivity contribution is 0.730. The van der Waals surface area contributed by atoms with Crippen LogP contribution in [0, 0.1) is 5.41 Å². The predicted molar refractivity (Wildman–Crippen MR) is 90.6 cm³/mol. The minimum atomic E-state index is 0.193. The Morgan fingerprint density at radius 2 is 1.75 bits per heavy atom. The molecule has 0 aliphatic heterocycles. The van der Waals surface area contributed by atoms with Crippen molar-refractivity contribution in [1.29, 1.82) is 5.41 Å². The lowest BCUT2D eigenvalue weighted by atomic mass is 10.0. The number of anilines is 1. The molecule has 0 radical (unpaired) electrons. The summed E-state index contributed by atoms with van der Waals surface area (Å²) >= 11 is 5.14. The van der Waals surface area contributed by atoms with Gasteiger partial charge in [-0.2, -0.15) is 0 Å². The smallest absolute Gasteiger partial charge is 0.199 e. The fraction of sp³-hybridized carbons (Fsp3) is 0.467. The number of aryl methyl sites for hydroxylation is 2. The van der Waals surface area contributed by atoms with E-state index in [1.807, 2.05) is 13.8 Å². The molecule has 5 heteroatoms. The molecular formula is C15H24N4S. The number of benzene rings is 1. The second kappa shape index (κ2) is 7.85. The van der Waals surface area contributed by atoms with Crippen LogP contribution >= 0.6 is 12.2 Å². The van der Waals surface area contributed by atoms with Crippen molar-refractivity contribution in [2.75, 3.05) is 5.32 Å². The third-order valence-corrected chi connectivity index (χ3v) is 3.13. The molecule has 0 amide bonds. The lowest BCUT2D eigenvalue weighted by Gasteiger charge is -2.18. The molecule has 0 aliphatic carbocycles. The molecule has 110 valence electrons. The second-order valence-electron chi connectivity index (χ2n) is 4.91. The van der Waals surface area contributed by atoms with E-state index >= 15 is 0 Å². The zero-order valence-electron chi connectivity index (χ0n) is 12.6. The Morgan fingerprint density at radius 3 is 2.20 bits per heavy atom. The van der Waals surface area contributed by atoms with Gasteiger partial charge in [-0.15, -0.1) is 0 Å². The van der Waals surface area contributed by atoms with Crippen LogP contribution in [0.1, 0.15) is 38.8 Å². The minimum absolute atomic E-state index is 0.193. The van der Waals surface area contributed by atoms with Gasteiger partial charge < -0.3 is 16.0 Å². The summed E-state index contributed by atoms with van der Waals surface area (Å²) in [5.41, 5.74) is 3.43. The molecule has 0 bridgehead atoms. The highest BCUT2D eigenvalue weighted by Crippen LogP contribution is 2.22. The summed E-state index contributed by atoms with van der Waals surface area (Å²) in [5.74, 6) is 0.193. The van der Waals surface area contributed by atoms with E-state index in [0.717, 1.165) is 18.5 Å². The molecule has 0 spiro atoms. The van der Waals surface area contributed by atoms with Gasteiger partial charge in [0.1, 0.15) is 0 Å². The maximum Gasteiger partial charge on any atom is 0.199 e. The molecule has 1 rings (SSSR count). The highest BCUT2D eigenvalue weighted by atomic mass is 32.1. The topological polar surface area (TPSA) is 59.9 Å². The van der Waals surface area contributed by atoms with Crippen LogP contribution in [0.3, 0.4) is 0 Å². The largest absolute Gasteiger partial charge is 0.360 e. The first-order chi connectivity index (χ1) is 9.47. The van der Waals surface area contributed by atoms with Gasteiger partial charge in [-0.05, 0) is 50.0 Å². The molecule has 0 saturated heterocycles. The molecule has 0 atom stereocenters. The summed E-state index contributed by atoms with van der Waals surface area (Å²) in [6.45, 7) is 8.24. The molecular weight excluding hydrogens is 268 g/mol. The molecule has 0 fully saturated rings. The SMILES string of the molecule is CCc1cccc(CC)c1NC(=N)NC(=S)NC(C)C. The number of guanidine groups is 1. The van der Waals surface area contributed by atoms with Crippen LogP contribution in [0.5, 0.6) is 0 Å². The Balaban J connectivity index is 2.77. The number of hydrogen-bond donors (Lipinski definition) is 4. The Morgan fingerprint density at radius 1 is 1.20 bits per heavy atom. The number of thiocarbonyl (C=S) groups is 1. The molecule has 1 aromatic carbocycles. The average molecular weight is 292 g/mol. The first-order valence-electron chi connectivity index (χ1n) is 7.01. The van der Waals surface area contributed by atoms with Gasteiger partial charge in [-0.25, -0.2) is 0 Å². The molecule has 0 heterocycles. The third-order valence-electron chi connectivity index (χ3n) is 2.91. The zero-order chi connectivity index (χ0) is 15.1. The molecule has 0 aliphatic rings. The molecule has 0 unspecified atom stereocenters. The van der Waals surface area contributed by atoms with E-state index in [4.69, 9.17) is 17.6 Å². The number of para-hydroxylation sites is 1. The Bertz CT molecular complexity index is 461. The van der Waals surface area contributed by atoms with Gasteiger partial charge in [0.25, 0.3) is 0 Å². The van der Waals surface area contributed by atoms with E-state index in [9.17, 15) is 0 Å². The van der Waals surface area contributed by atoms with E-state index in [1.165, 1.54) is 11.1 Å². The summed E-state index contributed by atoms with van der Waals surface area (Å²) in [4.78, 5) is 0. The summed E-state index contributed by atoms with van der Waals surface area (Å²) in [6, 6.07) is 6.47. The van der Waals surface area contributed by atoms with Crippen molar-refractivity contribution in [2.24, 2.45) is 0 Å². The van der Waals surface area contributed by atoms with Crippen LogP contribution in [0.4, 0.5) is 5.69 Å². The van der Waals surface area contributed by atoms with Gasteiger partial charge in [0.05, 0.1) is 0 Å². The van der Waals surface area contributed by atoms with Crippen LogP contribution in [0.2, 0.25) is 0 Å². The van der Waals surface area contributed by atoms with Gasteiger partial charge in [-0.1, -0.05) is 32.0 Å². The van der Waals surface area contributed by atoms with E-state index in [0.29, 0.717) is 5.11 Å². The zero-order valence-corrected chi connectivity index (χ0v) is 13.4. The highest BCUT2D eigenvalue weighted by Gasteiger charge is 2.09. The van der Waals surface area contributed by atoms with E-state index in [1.54, 1.807) is 0 Å². The van der Waals surface area contributed by atoms with Gasteiger partial charge in [-0.3, -0.25) is 5.41 Å². The maximum atomic E-state index is 7.99. The van der Waals surface area contributed by atoms with Crippen molar-refractivity contribution in [3.05, 3.63) is 29.3 Å². The maximum absolute atomic E-state index is 7.99. The van der Waals surface area contributed by atoms with Gasteiger partial charge in [0.15, 0.2) is 11.1 Å². The van der Waals surface area contributed by atoms with Crippen LogP contribution < -0.4 is 16.0 Å². The average Bonchev–Trinajstić information content (AvgIpc) is 2.37. The number of hydrogen-bond acceptors (Lipinski definition) is 2. The molecule has 0 saturated carbocycles. The minimum Gasteiger partial charge on any atom is -0.360 e. The monoisotopic (exact) mass is 292 g/mol.